The highest BCUT2D eigenvalue weighted by Crippen LogP contribution is 2.19. The number of hydrogen-bond donors (Lipinski definition) is 2. The molecular weight excluding hydrogens is 218 g/mol. The average molecular weight is 237 g/mol. The molecule has 4 heteroatoms. The van der Waals surface area contributed by atoms with E-state index in [0.29, 0.717) is 6.54 Å². The number of aryl methyl sites for hydroxylation is 1. The summed E-state index contributed by atoms with van der Waals surface area (Å²) in [6.45, 7) is 5.22. The number of carbonyl (C=O) groups excluding carboxylic acids is 1. The molecule has 94 valence electrons. The van der Waals surface area contributed by atoms with Crippen LogP contribution in [0.5, 0.6) is 5.75 Å². The SMILES string of the molecule is COc1ccc(C)cc1CNC(=O)C(C)(C)O. The molecule has 2 N–H and O–H groups in total. The van der Waals surface area contributed by atoms with Crippen molar-refractivity contribution in [1.82, 2.24) is 5.32 Å². The topological polar surface area (TPSA) is 58.6 Å². The molecule has 1 aromatic carbocycles. The summed E-state index contributed by atoms with van der Waals surface area (Å²) < 4.78 is 5.20. The minimum Gasteiger partial charge on any atom is -0.496 e. The lowest BCUT2D eigenvalue weighted by molar-refractivity contribution is -0.136. The third-order valence-electron chi connectivity index (χ3n) is 2.43. The van der Waals surface area contributed by atoms with Gasteiger partial charge in [0.15, 0.2) is 0 Å². The molecule has 0 spiro atoms. The molecule has 0 aliphatic heterocycles. The van der Waals surface area contributed by atoms with Gasteiger partial charge in [-0.05, 0) is 26.8 Å². The molecule has 1 amide bonds. The first-order valence-corrected chi connectivity index (χ1v) is 5.49. The maximum Gasteiger partial charge on any atom is 0.251 e. The number of aliphatic hydroxyl groups is 1. The monoisotopic (exact) mass is 237 g/mol. The zero-order valence-corrected chi connectivity index (χ0v) is 10.7. The van der Waals surface area contributed by atoms with Crippen molar-refractivity contribution in [2.45, 2.75) is 32.9 Å². The van der Waals surface area contributed by atoms with Crippen molar-refractivity contribution in [1.29, 1.82) is 0 Å². The first kappa shape index (κ1) is 13.5. The summed E-state index contributed by atoms with van der Waals surface area (Å²) in [5.41, 5.74) is 0.625. The molecule has 0 saturated heterocycles. The van der Waals surface area contributed by atoms with Crippen LogP contribution in [0.2, 0.25) is 0 Å². The number of rotatable bonds is 4. The molecule has 0 saturated carbocycles. The molecule has 0 unspecified atom stereocenters. The summed E-state index contributed by atoms with van der Waals surface area (Å²) in [6, 6.07) is 5.75. The molecule has 0 aliphatic carbocycles. The van der Waals surface area contributed by atoms with Crippen molar-refractivity contribution in [2.75, 3.05) is 7.11 Å². The summed E-state index contributed by atoms with van der Waals surface area (Å²) in [5.74, 6) is 0.327. The van der Waals surface area contributed by atoms with Crippen molar-refractivity contribution >= 4 is 5.91 Å². The number of amides is 1. The van der Waals surface area contributed by atoms with Crippen LogP contribution >= 0.6 is 0 Å². The highest BCUT2D eigenvalue weighted by molar-refractivity contribution is 5.83. The molecule has 0 aromatic heterocycles. The lowest BCUT2D eigenvalue weighted by atomic mass is 10.1. The molecular formula is C13H19NO3. The predicted molar refractivity (Wildman–Crippen MR) is 65.9 cm³/mol. The number of ether oxygens (including phenoxy) is 1. The minimum atomic E-state index is -1.36. The lowest BCUT2D eigenvalue weighted by Gasteiger charge is -2.17. The fourth-order valence-corrected chi connectivity index (χ4v) is 1.44. The van der Waals surface area contributed by atoms with Crippen LogP contribution in [0.3, 0.4) is 0 Å². The Morgan fingerprint density at radius 3 is 2.65 bits per heavy atom. The molecule has 0 bridgehead atoms. The van der Waals surface area contributed by atoms with Crippen LogP contribution < -0.4 is 10.1 Å². The van der Waals surface area contributed by atoms with Gasteiger partial charge >= 0.3 is 0 Å². The summed E-state index contributed by atoms with van der Waals surface area (Å²) in [4.78, 5) is 11.5. The first-order chi connectivity index (χ1) is 7.84. The highest BCUT2D eigenvalue weighted by atomic mass is 16.5. The molecule has 1 aromatic rings. The largest absolute Gasteiger partial charge is 0.496 e. The second kappa shape index (κ2) is 5.19. The van der Waals surface area contributed by atoms with Crippen molar-refractivity contribution in [3.05, 3.63) is 29.3 Å². The zero-order valence-electron chi connectivity index (χ0n) is 10.7. The first-order valence-electron chi connectivity index (χ1n) is 5.49. The summed E-state index contributed by atoms with van der Waals surface area (Å²) >= 11 is 0. The minimum absolute atomic E-state index is 0.341. The summed E-state index contributed by atoms with van der Waals surface area (Å²) in [7, 11) is 1.59. The van der Waals surface area contributed by atoms with Gasteiger partial charge in [-0.3, -0.25) is 4.79 Å². The van der Waals surface area contributed by atoms with Gasteiger partial charge in [0.2, 0.25) is 0 Å². The standard InChI is InChI=1S/C13H19NO3/c1-9-5-6-11(17-4)10(7-9)8-14-12(15)13(2,3)16/h5-7,16H,8H2,1-4H3,(H,14,15). The van der Waals surface area contributed by atoms with Crippen molar-refractivity contribution in [2.24, 2.45) is 0 Å². The molecule has 0 aliphatic rings. The van der Waals surface area contributed by atoms with Crippen molar-refractivity contribution in [3.63, 3.8) is 0 Å². The van der Waals surface area contributed by atoms with Gasteiger partial charge in [0.25, 0.3) is 5.91 Å². The Morgan fingerprint density at radius 2 is 2.12 bits per heavy atom. The fourth-order valence-electron chi connectivity index (χ4n) is 1.44. The van der Waals surface area contributed by atoms with E-state index in [1.165, 1.54) is 13.8 Å². The molecule has 17 heavy (non-hydrogen) atoms. The second-order valence-electron chi connectivity index (χ2n) is 4.56. The van der Waals surface area contributed by atoms with E-state index < -0.39 is 11.5 Å². The maximum atomic E-state index is 11.5. The Hall–Kier alpha value is -1.55. The van der Waals surface area contributed by atoms with E-state index in [1.807, 2.05) is 25.1 Å². The third-order valence-corrected chi connectivity index (χ3v) is 2.43. The number of hydrogen-bond acceptors (Lipinski definition) is 3. The molecule has 0 radical (unpaired) electrons. The summed E-state index contributed by atoms with van der Waals surface area (Å²) in [6.07, 6.45) is 0. The van der Waals surface area contributed by atoms with Crippen molar-refractivity contribution < 1.29 is 14.6 Å². The van der Waals surface area contributed by atoms with Gasteiger partial charge in [-0.25, -0.2) is 0 Å². The van der Waals surface area contributed by atoms with E-state index in [-0.39, 0.29) is 0 Å². The van der Waals surface area contributed by atoms with E-state index in [4.69, 9.17) is 4.74 Å². The molecule has 0 fully saturated rings. The van der Waals surface area contributed by atoms with Gasteiger partial charge in [0.05, 0.1) is 7.11 Å². The van der Waals surface area contributed by atoms with Gasteiger partial charge < -0.3 is 15.2 Å². The Morgan fingerprint density at radius 1 is 1.47 bits per heavy atom. The molecule has 1 rings (SSSR count). The Labute approximate surface area is 102 Å². The van der Waals surface area contributed by atoms with Crippen LogP contribution in [0.1, 0.15) is 25.0 Å². The van der Waals surface area contributed by atoms with E-state index in [9.17, 15) is 9.90 Å². The average Bonchev–Trinajstić information content (AvgIpc) is 2.24. The second-order valence-corrected chi connectivity index (χ2v) is 4.56. The maximum absolute atomic E-state index is 11.5. The van der Waals surface area contributed by atoms with Crippen LogP contribution in [0.25, 0.3) is 0 Å². The fraction of sp³-hybridized carbons (Fsp3) is 0.462. The predicted octanol–water partition coefficient (Wildman–Crippen LogP) is 1.39. The van der Waals surface area contributed by atoms with E-state index in [1.54, 1.807) is 7.11 Å². The molecule has 0 heterocycles. The van der Waals surface area contributed by atoms with Gasteiger partial charge in [-0.1, -0.05) is 17.7 Å². The number of benzene rings is 1. The highest BCUT2D eigenvalue weighted by Gasteiger charge is 2.23. The Kier molecular flexibility index (Phi) is 4.12. The number of nitrogens with one attached hydrogen (secondary N) is 1. The van der Waals surface area contributed by atoms with E-state index >= 15 is 0 Å². The number of carbonyl (C=O) groups is 1. The van der Waals surface area contributed by atoms with Crippen LogP contribution in [0.15, 0.2) is 18.2 Å². The van der Waals surface area contributed by atoms with Crippen LogP contribution in [0.4, 0.5) is 0 Å². The lowest BCUT2D eigenvalue weighted by Crippen LogP contribution is -2.41. The van der Waals surface area contributed by atoms with Crippen LogP contribution in [-0.2, 0) is 11.3 Å². The summed E-state index contributed by atoms with van der Waals surface area (Å²) in [5, 5.41) is 12.2. The molecule has 0 atom stereocenters. The normalized spacial score (nSPS) is 11.1. The number of methoxy groups -OCH3 is 1. The van der Waals surface area contributed by atoms with Gasteiger partial charge in [0, 0.05) is 12.1 Å². The Bertz CT molecular complexity index is 408. The van der Waals surface area contributed by atoms with Gasteiger partial charge in [-0.15, -0.1) is 0 Å². The molecule has 4 nitrogen and oxygen atoms in total. The van der Waals surface area contributed by atoms with Crippen molar-refractivity contribution in [3.8, 4) is 5.75 Å². The smallest absolute Gasteiger partial charge is 0.251 e. The third kappa shape index (κ3) is 3.75. The zero-order chi connectivity index (χ0) is 13.1. The van der Waals surface area contributed by atoms with Gasteiger partial charge in [0.1, 0.15) is 11.4 Å². The Balaban J connectivity index is 2.75. The van der Waals surface area contributed by atoms with Crippen LogP contribution in [0, 0.1) is 6.92 Å². The van der Waals surface area contributed by atoms with Gasteiger partial charge in [-0.2, -0.15) is 0 Å². The van der Waals surface area contributed by atoms with E-state index in [2.05, 4.69) is 5.32 Å². The van der Waals surface area contributed by atoms with E-state index in [0.717, 1.165) is 16.9 Å². The quantitative estimate of drug-likeness (QED) is 0.832. The van der Waals surface area contributed by atoms with Crippen LogP contribution in [-0.4, -0.2) is 23.7 Å².